The van der Waals surface area contributed by atoms with Gasteiger partial charge in [-0.15, -0.1) is 0 Å². The number of imidazole rings is 1. The first-order valence-electron chi connectivity index (χ1n) is 4.71. The molecule has 0 saturated heterocycles. The van der Waals surface area contributed by atoms with Crippen LogP contribution in [0.5, 0.6) is 0 Å². The molecule has 0 unspecified atom stereocenters. The molecule has 5 nitrogen and oxygen atoms in total. The summed E-state index contributed by atoms with van der Waals surface area (Å²) in [6, 6.07) is 3.70. The van der Waals surface area contributed by atoms with Crippen molar-refractivity contribution in [2.24, 2.45) is 0 Å². The lowest BCUT2D eigenvalue weighted by atomic mass is 10.4. The first-order chi connectivity index (χ1) is 7.20. The second-order valence-electron chi connectivity index (χ2n) is 3.13. The molecule has 0 atom stereocenters. The number of ether oxygens (including phenoxy) is 1. The highest BCUT2D eigenvalue weighted by Crippen LogP contribution is 2.10. The fourth-order valence-corrected chi connectivity index (χ4v) is 1.28. The highest BCUT2D eigenvalue weighted by molar-refractivity contribution is 5.89. The predicted octanol–water partition coefficient (Wildman–Crippen LogP) is 1.44. The molecule has 5 heteroatoms. The third-order valence-corrected chi connectivity index (χ3v) is 1.95. The second kappa shape index (κ2) is 3.68. The van der Waals surface area contributed by atoms with Crippen LogP contribution < -0.4 is 0 Å². The van der Waals surface area contributed by atoms with Crippen LogP contribution in [0.4, 0.5) is 0 Å². The minimum atomic E-state index is -0.451. The zero-order valence-corrected chi connectivity index (χ0v) is 8.57. The van der Waals surface area contributed by atoms with E-state index >= 15 is 0 Å². The zero-order valence-electron chi connectivity index (χ0n) is 8.57. The van der Waals surface area contributed by atoms with E-state index in [2.05, 4.69) is 15.0 Å². The molecular weight excluding hydrogens is 194 g/mol. The van der Waals surface area contributed by atoms with Gasteiger partial charge in [0.05, 0.1) is 12.1 Å². The minimum Gasteiger partial charge on any atom is -0.460 e. The number of nitrogens with zero attached hydrogens (tertiary/aromatic N) is 2. The molecule has 2 aromatic rings. The molecule has 2 heterocycles. The maximum atomic E-state index is 11.4. The van der Waals surface area contributed by atoms with Crippen molar-refractivity contribution < 1.29 is 9.53 Å². The van der Waals surface area contributed by atoms with Crippen LogP contribution in [0.2, 0.25) is 0 Å². The van der Waals surface area contributed by atoms with Gasteiger partial charge in [0.2, 0.25) is 5.82 Å². The molecule has 15 heavy (non-hydrogen) atoms. The molecule has 2 rings (SSSR count). The molecule has 0 aliphatic carbocycles. The van der Waals surface area contributed by atoms with Gasteiger partial charge in [-0.05, 0) is 26.0 Å². The van der Waals surface area contributed by atoms with Crippen molar-refractivity contribution >= 4 is 17.1 Å². The third kappa shape index (κ3) is 1.81. The van der Waals surface area contributed by atoms with Crippen molar-refractivity contribution in [3.8, 4) is 0 Å². The minimum absolute atomic E-state index is 0.199. The largest absolute Gasteiger partial charge is 0.460 e. The quantitative estimate of drug-likeness (QED) is 0.753. The van der Waals surface area contributed by atoms with Crippen LogP contribution >= 0.6 is 0 Å². The van der Waals surface area contributed by atoms with Crippen LogP contribution in [0.15, 0.2) is 12.1 Å². The molecule has 0 aliphatic heterocycles. The Labute approximate surface area is 86.5 Å². The normalized spacial score (nSPS) is 10.5. The summed E-state index contributed by atoms with van der Waals surface area (Å²) in [4.78, 5) is 22.5. The molecular formula is C10H11N3O2. The molecule has 0 spiro atoms. The van der Waals surface area contributed by atoms with Crippen LogP contribution in [-0.2, 0) is 4.74 Å². The number of H-pyrrole nitrogens is 1. The number of aryl methyl sites for hydroxylation is 1. The van der Waals surface area contributed by atoms with Gasteiger partial charge in [0.25, 0.3) is 0 Å². The number of hydrogen-bond donors (Lipinski definition) is 1. The van der Waals surface area contributed by atoms with E-state index in [9.17, 15) is 4.79 Å². The van der Waals surface area contributed by atoms with E-state index in [0.717, 1.165) is 11.2 Å². The number of fused-ring (bicyclic) bond motifs is 1. The number of rotatable bonds is 2. The standard InChI is InChI=1S/C10H11N3O2/c1-3-15-10(14)9-12-7-5-4-6(2)11-8(7)13-9/h4-5H,3H2,1-2H3,(H,11,12,13). The van der Waals surface area contributed by atoms with Gasteiger partial charge < -0.3 is 9.72 Å². The molecule has 78 valence electrons. The summed E-state index contributed by atoms with van der Waals surface area (Å²) in [5.74, 6) is -0.252. The summed E-state index contributed by atoms with van der Waals surface area (Å²) >= 11 is 0. The lowest BCUT2D eigenvalue weighted by molar-refractivity contribution is 0.0513. The van der Waals surface area contributed by atoms with Gasteiger partial charge in [-0.3, -0.25) is 0 Å². The Hall–Kier alpha value is -1.91. The molecule has 0 radical (unpaired) electrons. The maximum Gasteiger partial charge on any atom is 0.374 e. The van der Waals surface area contributed by atoms with Crippen LogP contribution in [0.25, 0.3) is 11.2 Å². The van der Waals surface area contributed by atoms with Crippen LogP contribution in [0, 0.1) is 6.92 Å². The number of aromatic amines is 1. The maximum absolute atomic E-state index is 11.4. The van der Waals surface area contributed by atoms with E-state index < -0.39 is 5.97 Å². The summed E-state index contributed by atoms with van der Waals surface area (Å²) in [6.45, 7) is 3.96. The van der Waals surface area contributed by atoms with Crippen molar-refractivity contribution in [2.45, 2.75) is 13.8 Å². The molecule has 0 amide bonds. The Morgan fingerprint density at radius 2 is 2.27 bits per heavy atom. The summed E-state index contributed by atoms with van der Waals surface area (Å²) in [5, 5.41) is 0. The van der Waals surface area contributed by atoms with E-state index in [0.29, 0.717) is 12.3 Å². The molecule has 0 aromatic carbocycles. The monoisotopic (exact) mass is 205 g/mol. The predicted molar refractivity (Wildman–Crippen MR) is 54.6 cm³/mol. The summed E-state index contributed by atoms with van der Waals surface area (Å²) < 4.78 is 4.83. The fourth-order valence-electron chi connectivity index (χ4n) is 1.28. The Balaban J connectivity index is 2.42. The van der Waals surface area contributed by atoms with Crippen LogP contribution in [0.1, 0.15) is 23.2 Å². The van der Waals surface area contributed by atoms with Crippen molar-refractivity contribution in [2.75, 3.05) is 6.61 Å². The fraction of sp³-hybridized carbons (Fsp3) is 0.300. The average Bonchev–Trinajstić information content (AvgIpc) is 2.60. The first kappa shape index (κ1) is 9.64. The van der Waals surface area contributed by atoms with E-state index in [4.69, 9.17) is 4.74 Å². The smallest absolute Gasteiger partial charge is 0.374 e. The van der Waals surface area contributed by atoms with Gasteiger partial charge in [-0.25, -0.2) is 14.8 Å². The van der Waals surface area contributed by atoms with Gasteiger partial charge >= 0.3 is 5.97 Å². The van der Waals surface area contributed by atoms with Gasteiger partial charge in [-0.1, -0.05) is 0 Å². The van der Waals surface area contributed by atoms with Gasteiger partial charge in [0, 0.05) is 5.69 Å². The lowest BCUT2D eigenvalue weighted by Crippen LogP contribution is -2.06. The Morgan fingerprint density at radius 3 is 3.00 bits per heavy atom. The van der Waals surface area contributed by atoms with Gasteiger partial charge in [-0.2, -0.15) is 0 Å². The molecule has 1 N–H and O–H groups in total. The van der Waals surface area contributed by atoms with Crippen molar-refractivity contribution in [1.82, 2.24) is 15.0 Å². The zero-order chi connectivity index (χ0) is 10.8. The first-order valence-corrected chi connectivity index (χ1v) is 4.71. The highest BCUT2D eigenvalue weighted by Gasteiger charge is 2.12. The topological polar surface area (TPSA) is 67.9 Å². The Bertz CT molecular complexity index is 504. The van der Waals surface area contributed by atoms with Gasteiger partial charge in [0.15, 0.2) is 5.65 Å². The SMILES string of the molecule is CCOC(=O)c1nc2nc(C)ccc2[nH]1. The van der Waals surface area contributed by atoms with Crippen molar-refractivity contribution in [3.63, 3.8) is 0 Å². The number of aromatic nitrogens is 3. The number of esters is 1. The van der Waals surface area contributed by atoms with Crippen molar-refractivity contribution in [1.29, 1.82) is 0 Å². The summed E-state index contributed by atoms with van der Waals surface area (Å²) in [6.07, 6.45) is 0. The number of carbonyl (C=O) groups is 1. The molecule has 2 aromatic heterocycles. The average molecular weight is 205 g/mol. The molecule has 0 saturated carbocycles. The van der Waals surface area contributed by atoms with E-state index in [-0.39, 0.29) is 5.82 Å². The summed E-state index contributed by atoms with van der Waals surface area (Å²) in [5.41, 5.74) is 2.14. The van der Waals surface area contributed by atoms with Crippen LogP contribution in [-0.4, -0.2) is 27.5 Å². The van der Waals surface area contributed by atoms with E-state index in [1.54, 1.807) is 6.92 Å². The van der Waals surface area contributed by atoms with Crippen LogP contribution in [0.3, 0.4) is 0 Å². The number of pyridine rings is 1. The number of nitrogens with one attached hydrogen (secondary N) is 1. The lowest BCUT2D eigenvalue weighted by Gasteiger charge is -1.95. The number of hydrogen-bond acceptors (Lipinski definition) is 4. The molecule has 0 fully saturated rings. The van der Waals surface area contributed by atoms with E-state index in [1.807, 2.05) is 19.1 Å². The summed E-state index contributed by atoms with van der Waals surface area (Å²) in [7, 11) is 0. The second-order valence-corrected chi connectivity index (χ2v) is 3.13. The molecule has 0 bridgehead atoms. The van der Waals surface area contributed by atoms with Crippen molar-refractivity contribution in [3.05, 3.63) is 23.7 Å². The Morgan fingerprint density at radius 1 is 1.47 bits per heavy atom. The number of carbonyl (C=O) groups excluding carboxylic acids is 1. The van der Waals surface area contributed by atoms with E-state index in [1.165, 1.54) is 0 Å². The Kier molecular flexibility index (Phi) is 2.37. The van der Waals surface area contributed by atoms with Gasteiger partial charge in [0.1, 0.15) is 0 Å². The molecule has 0 aliphatic rings. The highest BCUT2D eigenvalue weighted by atomic mass is 16.5. The third-order valence-electron chi connectivity index (χ3n) is 1.95.